The van der Waals surface area contributed by atoms with Crippen LogP contribution in [0.2, 0.25) is 0 Å². The molecule has 0 aliphatic heterocycles. The molecule has 0 aliphatic rings. The van der Waals surface area contributed by atoms with Gasteiger partial charge in [-0.2, -0.15) is 0 Å². The van der Waals surface area contributed by atoms with Crippen LogP contribution in [0.15, 0.2) is 42.5 Å². The molecule has 0 aliphatic carbocycles. The van der Waals surface area contributed by atoms with E-state index >= 15 is 0 Å². The first kappa shape index (κ1) is 13.6. The minimum absolute atomic E-state index is 0.0978. The smallest absolute Gasteiger partial charge is 0.311 e. The number of hydrogen-bond donors (Lipinski definition) is 0. The SMILES string of the molecule is COc1ccc([N+](=O)[O-])c(Oc2ccc(I)cc2)c1. The summed E-state index contributed by atoms with van der Waals surface area (Å²) in [5.74, 6) is 1.20. The van der Waals surface area contributed by atoms with Gasteiger partial charge in [-0.1, -0.05) is 0 Å². The van der Waals surface area contributed by atoms with E-state index in [1.807, 2.05) is 12.1 Å². The molecule has 0 saturated heterocycles. The second-order valence-electron chi connectivity index (χ2n) is 3.65. The molecule has 6 heteroatoms. The van der Waals surface area contributed by atoms with E-state index in [2.05, 4.69) is 22.6 Å². The summed E-state index contributed by atoms with van der Waals surface area (Å²) in [5, 5.41) is 10.9. The summed E-state index contributed by atoms with van der Waals surface area (Å²) in [6.07, 6.45) is 0. The van der Waals surface area contributed by atoms with Gasteiger partial charge < -0.3 is 9.47 Å². The third-order valence-corrected chi connectivity index (χ3v) is 3.12. The summed E-state index contributed by atoms with van der Waals surface area (Å²) in [7, 11) is 1.50. The fraction of sp³-hybridized carbons (Fsp3) is 0.0769. The van der Waals surface area contributed by atoms with E-state index in [0.717, 1.165) is 3.57 Å². The van der Waals surface area contributed by atoms with Crippen LogP contribution < -0.4 is 9.47 Å². The molecule has 5 nitrogen and oxygen atoms in total. The maximum atomic E-state index is 10.9. The van der Waals surface area contributed by atoms with Gasteiger partial charge in [-0.05, 0) is 52.9 Å². The number of hydrogen-bond acceptors (Lipinski definition) is 4. The molecule has 2 rings (SSSR count). The van der Waals surface area contributed by atoms with Crippen molar-refractivity contribution < 1.29 is 14.4 Å². The van der Waals surface area contributed by atoms with Crippen LogP contribution in [0.1, 0.15) is 0 Å². The minimum atomic E-state index is -0.485. The fourth-order valence-electron chi connectivity index (χ4n) is 1.48. The first-order valence-corrected chi connectivity index (χ1v) is 6.44. The number of nitro groups is 1. The summed E-state index contributed by atoms with van der Waals surface area (Å²) in [6.45, 7) is 0. The molecule has 19 heavy (non-hydrogen) atoms. The highest BCUT2D eigenvalue weighted by atomic mass is 127. The number of ether oxygens (including phenoxy) is 2. The Balaban J connectivity index is 2.36. The van der Waals surface area contributed by atoms with E-state index in [0.29, 0.717) is 11.5 Å². The maximum Gasteiger partial charge on any atom is 0.311 e. The summed E-state index contributed by atoms with van der Waals surface area (Å²) in [4.78, 5) is 10.5. The number of benzene rings is 2. The van der Waals surface area contributed by atoms with Gasteiger partial charge in [0.05, 0.1) is 12.0 Å². The van der Waals surface area contributed by atoms with Gasteiger partial charge in [0.2, 0.25) is 5.75 Å². The number of rotatable bonds is 4. The average molecular weight is 371 g/mol. The molecule has 0 atom stereocenters. The van der Waals surface area contributed by atoms with Gasteiger partial charge in [0.25, 0.3) is 0 Å². The topological polar surface area (TPSA) is 61.6 Å². The molecule has 0 amide bonds. The molecule has 0 fully saturated rings. The van der Waals surface area contributed by atoms with Gasteiger partial charge in [0.1, 0.15) is 11.5 Å². The Hall–Kier alpha value is -1.83. The molecule has 2 aromatic carbocycles. The van der Waals surface area contributed by atoms with Crippen molar-refractivity contribution in [2.75, 3.05) is 7.11 Å². The highest BCUT2D eigenvalue weighted by molar-refractivity contribution is 14.1. The molecular weight excluding hydrogens is 361 g/mol. The summed E-state index contributed by atoms with van der Waals surface area (Å²) >= 11 is 2.17. The van der Waals surface area contributed by atoms with Gasteiger partial charge >= 0.3 is 5.69 Å². The monoisotopic (exact) mass is 371 g/mol. The van der Waals surface area contributed by atoms with Crippen molar-refractivity contribution in [2.45, 2.75) is 0 Å². The first-order valence-electron chi connectivity index (χ1n) is 5.36. The molecule has 2 aromatic rings. The van der Waals surface area contributed by atoms with Crippen molar-refractivity contribution in [1.29, 1.82) is 0 Å². The molecule has 0 bridgehead atoms. The van der Waals surface area contributed by atoms with E-state index in [4.69, 9.17) is 9.47 Å². The number of methoxy groups -OCH3 is 1. The Bertz CT molecular complexity index is 598. The molecule has 0 heterocycles. The highest BCUT2D eigenvalue weighted by Crippen LogP contribution is 2.34. The van der Waals surface area contributed by atoms with Crippen LogP contribution in [-0.2, 0) is 0 Å². The molecule has 0 N–H and O–H groups in total. The second kappa shape index (κ2) is 5.87. The Morgan fingerprint density at radius 1 is 1.11 bits per heavy atom. The van der Waals surface area contributed by atoms with E-state index in [-0.39, 0.29) is 11.4 Å². The third-order valence-electron chi connectivity index (χ3n) is 2.41. The van der Waals surface area contributed by atoms with Gasteiger partial charge in [0, 0.05) is 15.7 Å². The number of halogens is 1. The van der Waals surface area contributed by atoms with Gasteiger partial charge in [0.15, 0.2) is 0 Å². The predicted molar refractivity (Wildman–Crippen MR) is 78.9 cm³/mol. The number of nitro benzene ring substituents is 1. The maximum absolute atomic E-state index is 10.9. The lowest BCUT2D eigenvalue weighted by Gasteiger charge is -2.08. The lowest BCUT2D eigenvalue weighted by Crippen LogP contribution is -1.94. The zero-order valence-corrected chi connectivity index (χ0v) is 12.2. The van der Waals surface area contributed by atoms with E-state index in [1.165, 1.54) is 25.3 Å². The van der Waals surface area contributed by atoms with Crippen LogP contribution in [0.5, 0.6) is 17.2 Å². The lowest BCUT2D eigenvalue weighted by molar-refractivity contribution is -0.385. The molecule has 0 saturated carbocycles. The van der Waals surface area contributed by atoms with Crippen LogP contribution >= 0.6 is 22.6 Å². The quantitative estimate of drug-likeness (QED) is 0.463. The summed E-state index contributed by atoms with van der Waals surface area (Å²) in [6, 6.07) is 11.6. The van der Waals surface area contributed by atoms with Crippen molar-refractivity contribution in [3.05, 3.63) is 56.1 Å². The molecule has 0 unspecified atom stereocenters. The Morgan fingerprint density at radius 2 is 1.74 bits per heavy atom. The van der Waals surface area contributed by atoms with E-state index in [9.17, 15) is 10.1 Å². The Kier molecular flexibility index (Phi) is 4.20. The molecule has 0 aromatic heterocycles. The summed E-state index contributed by atoms with van der Waals surface area (Å²) < 4.78 is 11.6. The first-order chi connectivity index (χ1) is 9.10. The number of nitrogens with zero attached hydrogens (tertiary/aromatic N) is 1. The van der Waals surface area contributed by atoms with Crippen molar-refractivity contribution in [3.63, 3.8) is 0 Å². The third kappa shape index (κ3) is 3.34. The van der Waals surface area contributed by atoms with Gasteiger partial charge in [-0.15, -0.1) is 0 Å². The lowest BCUT2D eigenvalue weighted by atomic mass is 10.2. The average Bonchev–Trinajstić information content (AvgIpc) is 2.41. The van der Waals surface area contributed by atoms with Crippen molar-refractivity contribution >= 4 is 28.3 Å². The van der Waals surface area contributed by atoms with Crippen LogP contribution in [0, 0.1) is 13.7 Å². The predicted octanol–water partition coefficient (Wildman–Crippen LogP) is 4.00. The van der Waals surface area contributed by atoms with E-state index < -0.39 is 4.92 Å². The van der Waals surface area contributed by atoms with Crippen LogP contribution in [0.4, 0.5) is 5.69 Å². The Morgan fingerprint density at radius 3 is 2.32 bits per heavy atom. The van der Waals surface area contributed by atoms with Crippen molar-refractivity contribution in [2.24, 2.45) is 0 Å². The van der Waals surface area contributed by atoms with E-state index in [1.54, 1.807) is 12.1 Å². The normalized spacial score (nSPS) is 10.0. The van der Waals surface area contributed by atoms with Crippen LogP contribution in [0.25, 0.3) is 0 Å². The van der Waals surface area contributed by atoms with Crippen molar-refractivity contribution in [1.82, 2.24) is 0 Å². The van der Waals surface area contributed by atoms with Gasteiger partial charge in [-0.3, -0.25) is 10.1 Å². The fourth-order valence-corrected chi connectivity index (χ4v) is 1.84. The molecule has 98 valence electrons. The zero-order chi connectivity index (χ0) is 13.8. The molecular formula is C13H10INO4. The van der Waals surface area contributed by atoms with Crippen LogP contribution in [0.3, 0.4) is 0 Å². The Labute approximate surface area is 123 Å². The second-order valence-corrected chi connectivity index (χ2v) is 4.89. The van der Waals surface area contributed by atoms with Crippen molar-refractivity contribution in [3.8, 4) is 17.2 Å². The molecule has 0 radical (unpaired) electrons. The largest absolute Gasteiger partial charge is 0.497 e. The van der Waals surface area contributed by atoms with Crippen LogP contribution in [-0.4, -0.2) is 12.0 Å². The minimum Gasteiger partial charge on any atom is -0.497 e. The standard InChI is InChI=1S/C13H10INO4/c1-18-11-6-7-12(15(16)17)13(8-11)19-10-4-2-9(14)3-5-10/h2-8H,1H3. The highest BCUT2D eigenvalue weighted by Gasteiger charge is 2.16. The zero-order valence-electron chi connectivity index (χ0n) is 10.00. The molecule has 0 spiro atoms. The van der Waals surface area contributed by atoms with Gasteiger partial charge in [-0.25, -0.2) is 0 Å². The summed E-state index contributed by atoms with van der Waals surface area (Å²) in [5.41, 5.74) is -0.0978.